The first-order valence-electron chi connectivity index (χ1n) is 11.8. The van der Waals surface area contributed by atoms with E-state index in [4.69, 9.17) is 0 Å². The highest BCUT2D eigenvalue weighted by molar-refractivity contribution is 5.83. The Labute approximate surface area is 168 Å². The molecule has 1 heterocycles. The second-order valence-corrected chi connectivity index (χ2v) is 8.02. The number of unbranched alkanes of at least 4 members (excludes halogenated alkanes) is 11. The minimum Gasteiger partial charge on any atom is -0.357 e. The maximum Gasteiger partial charge on any atom is 0.220 e. The lowest BCUT2D eigenvalue weighted by molar-refractivity contribution is -0.121. The SMILES string of the molecule is CCCCCCCCCCCC(=O)NCCN1CCN=C1CCCCCC. The van der Waals surface area contributed by atoms with Crippen LogP contribution in [0, 0.1) is 0 Å². The molecule has 0 aromatic carbocycles. The van der Waals surface area contributed by atoms with Crippen LogP contribution in [0.15, 0.2) is 4.99 Å². The fourth-order valence-corrected chi connectivity index (χ4v) is 3.73. The van der Waals surface area contributed by atoms with Crippen LogP contribution < -0.4 is 5.32 Å². The summed E-state index contributed by atoms with van der Waals surface area (Å²) in [5.74, 6) is 1.48. The summed E-state index contributed by atoms with van der Waals surface area (Å²) in [6.07, 6.45) is 18.6. The number of carbonyl (C=O) groups is 1. The average Bonchev–Trinajstić information content (AvgIpc) is 3.11. The van der Waals surface area contributed by atoms with Gasteiger partial charge in [-0.25, -0.2) is 0 Å². The highest BCUT2D eigenvalue weighted by Gasteiger charge is 2.15. The van der Waals surface area contributed by atoms with Crippen LogP contribution in [0.5, 0.6) is 0 Å². The highest BCUT2D eigenvalue weighted by Crippen LogP contribution is 2.11. The fraction of sp³-hybridized carbons (Fsp3) is 0.913. The maximum atomic E-state index is 12.0. The van der Waals surface area contributed by atoms with Gasteiger partial charge in [-0.3, -0.25) is 9.79 Å². The van der Waals surface area contributed by atoms with E-state index in [-0.39, 0.29) is 5.91 Å². The van der Waals surface area contributed by atoms with Gasteiger partial charge in [0.1, 0.15) is 0 Å². The average molecular weight is 380 g/mol. The first-order valence-corrected chi connectivity index (χ1v) is 11.8. The molecular weight excluding hydrogens is 334 g/mol. The lowest BCUT2D eigenvalue weighted by Crippen LogP contribution is -2.36. The highest BCUT2D eigenvalue weighted by atomic mass is 16.1. The number of carbonyl (C=O) groups excluding carboxylic acids is 1. The predicted octanol–water partition coefficient (Wildman–Crippen LogP) is 5.71. The van der Waals surface area contributed by atoms with Crippen molar-refractivity contribution in [1.82, 2.24) is 10.2 Å². The van der Waals surface area contributed by atoms with Crippen molar-refractivity contribution in [2.75, 3.05) is 26.2 Å². The van der Waals surface area contributed by atoms with Crippen molar-refractivity contribution in [2.45, 2.75) is 110 Å². The summed E-state index contributed by atoms with van der Waals surface area (Å²) >= 11 is 0. The van der Waals surface area contributed by atoms with E-state index < -0.39 is 0 Å². The summed E-state index contributed by atoms with van der Waals surface area (Å²) in [4.78, 5) is 19.0. The van der Waals surface area contributed by atoms with E-state index in [1.54, 1.807) is 0 Å². The van der Waals surface area contributed by atoms with E-state index >= 15 is 0 Å². The molecule has 0 atom stereocenters. The zero-order valence-corrected chi connectivity index (χ0v) is 18.2. The van der Waals surface area contributed by atoms with Gasteiger partial charge in [-0.15, -0.1) is 0 Å². The topological polar surface area (TPSA) is 44.7 Å². The van der Waals surface area contributed by atoms with Crippen molar-refractivity contribution >= 4 is 11.7 Å². The molecule has 0 saturated carbocycles. The molecule has 1 amide bonds. The first-order chi connectivity index (χ1) is 13.3. The minimum atomic E-state index is 0.221. The van der Waals surface area contributed by atoms with E-state index in [1.165, 1.54) is 82.9 Å². The van der Waals surface area contributed by atoms with E-state index in [2.05, 4.69) is 29.1 Å². The Bertz CT molecular complexity index is 395. The van der Waals surface area contributed by atoms with Crippen molar-refractivity contribution in [3.05, 3.63) is 0 Å². The Morgan fingerprint density at radius 2 is 1.48 bits per heavy atom. The molecule has 1 N–H and O–H groups in total. The van der Waals surface area contributed by atoms with E-state index in [0.717, 1.165) is 39.0 Å². The number of hydrogen-bond donors (Lipinski definition) is 1. The van der Waals surface area contributed by atoms with Crippen molar-refractivity contribution in [3.63, 3.8) is 0 Å². The number of nitrogens with one attached hydrogen (secondary N) is 1. The van der Waals surface area contributed by atoms with Crippen LogP contribution in [-0.2, 0) is 4.79 Å². The van der Waals surface area contributed by atoms with Crippen LogP contribution >= 0.6 is 0 Å². The summed E-state index contributed by atoms with van der Waals surface area (Å²) in [5, 5.41) is 3.10. The molecule has 0 aromatic rings. The molecule has 1 aliphatic rings. The van der Waals surface area contributed by atoms with Gasteiger partial charge in [0.2, 0.25) is 5.91 Å². The normalized spacial score (nSPS) is 13.9. The van der Waals surface area contributed by atoms with Gasteiger partial charge in [-0.2, -0.15) is 0 Å². The number of hydrogen-bond acceptors (Lipinski definition) is 3. The molecule has 0 saturated heterocycles. The number of amides is 1. The molecule has 0 unspecified atom stereocenters. The number of aliphatic imine (C=N–C) groups is 1. The third-order valence-electron chi connectivity index (χ3n) is 5.49. The van der Waals surface area contributed by atoms with Crippen LogP contribution in [0.3, 0.4) is 0 Å². The number of nitrogens with zero attached hydrogens (tertiary/aromatic N) is 2. The zero-order chi connectivity index (χ0) is 19.6. The van der Waals surface area contributed by atoms with Gasteiger partial charge in [0, 0.05) is 32.5 Å². The van der Waals surface area contributed by atoms with Gasteiger partial charge in [-0.1, -0.05) is 84.5 Å². The molecular formula is C23H45N3O. The molecule has 0 bridgehead atoms. The number of rotatable bonds is 18. The molecule has 1 rings (SSSR count). The number of amidine groups is 1. The van der Waals surface area contributed by atoms with Crippen LogP contribution in [0.4, 0.5) is 0 Å². The summed E-state index contributed by atoms with van der Waals surface area (Å²) in [5.41, 5.74) is 0. The van der Waals surface area contributed by atoms with E-state index in [9.17, 15) is 4.79 Å². The molecule has 0 spiro atoms. The molecule has 1 aliphatic heterocycles. The molecule has 4 heteroatoms. The van der Waals surface area contributed by atoms with Crippen molar-refractivity contribution in [2.24, 2.45) is 4.99 Å². The fourth-order valence-electron chi connectivity index (χ4n) is 3.73. The lowest BCUT2D eigenvalue weighted by Gasteiger charge is -2.20. The van der Waals surface area contributed by atoms with Crippen LogP contribution in [0.2, 0.25) is 0 Å². The van der Waals surface area contributed by atoms with Crippen LogP contribution in [-0.4, -0.2) is 42.8 Å². The largest absolute Gasteiger partial charge is 0.357 e. The monoisotopic (exact) mass is 379 g/mol. The van der Waals surface area contributed by atoms with Crippen molar-refractivity contribution < 1.29 is 4.79 Å². The first kappa shape index (κ1) is 24.0. The standard InChI is InChI=1S/C23H45N3O/c1-3-5-7-9-10-11-12-13-15-17-23(27)25-19-21-26-20-18-24-22(26)16-14-8-6-4-2/h3-21H2,1-2H3,(H,25,27). The summed E-state index contributed by atoms with van der Waals surface area (Å²) in [6.45, 7) is 8.13. The molecule has 0 radical (unpaired) electrons. The van der Waals surface area contributed by atoms with Crippen LogP contribution in [0.25, 0.3) is 0 Å². The van der Waals surface area contributed by atoms with Crippen molar-refractivity contribution in [3.8, 4) is 0 Å². The molecule has 4 nitrogen and oxygen atoms in total. The Hall–Kier alpha value is -1.06. The smallest absolute Gasteiger partial charge is 0.220 e. The zero-order valence-electron chi connectivity index (χ0n) is 18.2. The van der Waals surface area contributed by atoms with Crippen molar-refractivity contribution in [1.29, 1.82) is 0 Å². The maximum absolute atomic E-state index is 12.0. The third-order valence-corrected chi connectivity index (χ3v) is 5.49. The minimum absolute atomic E-state index is 0.221. The quantitative estimate of drug-likeness (QED) is 0.310. The Balaban J connectivity index is 1.95. The molecule has 0 aromatic heterocycles. The van der Waals surface area contributed by atoms with Gasteiger partial charge in [0.25, 0.3) is 0 Å². The molecule has 0 aliphatic carbocycles. The molecule has 158 valence electrons. The molecule has 0 fully saturated rings. The van der Waals surface area contributed by atoms with Gasteiger partial charge < -0.3 is 10.2 Å². The summed E-state index contributed by atoms with van der Waals surface area (Å²) in [6, 6.07) is 0. The summed E-state index contributed by atoms with van der Waals surface area (Å²) < 4.78 is 0. The van der Waals surface area contributed by atoms with Gasteiger partial charge in [0.05, 0.1) is 12.4 Å². The van der Waals surface area contributed by atoms with E-state index in [1.807, 2.05) is 0 Å². The van der Waals surface area contributed by atoms with E-state index in [0.29, 0.717) is 6.42 Å². The van der Waals surface area contributed by atoms with Gasteiger partial charge in [-0.05, 0) is 12.8 Å². The summed E-state index contributed by atoms with van der Waals surface area (Å²) in [7, 11) is 0. The second kappa shape index (κ2) is 17.1. The Morgan fingerprint density at radius 1 is 0.889 bits per heavy atom. The predicted molar refractivity (Wildman–Crippen MR) is 117 cm³/mol. The lowest BCUT2D eigenvalue weighted by atomic mass is 10.1. The third kappa shape index (κ3) is 12.9. The van der Waals surface area contributed by atoms with Gasteiger partial charge in [0.15, 0.2) is 0 Å². The second-order valence-electron chi connectivity index (χ2n) is 8.02. The Kier molecular flexibility index (Phi) is 15.2. The molecule has 27 heavy (non-hydrogen) atoms. The Morgan fingerprint density at radius 3 is 2.15 bits per heavy atom. The van der Waals surface area contributed by atoms with Gasteiger partial charge >= 0.3 is 0 Å². The van der Waals surface area contributed by atoms with Crippen LogP contribution in [0.1, 0.15) is 110 Å².